The number of imidazole rings is 1. The van der Waals surface area contributed by atoms with Crippen molar-refractivity contribution in [2.75, 3.05) is 19.5 Å². The third kappa shape index (κ3) is 4.50. The number of anilines is 1. The molecule has 0 unspecified atom stereocenters. The maximum atomic E-state index is 12.6. The molecular formula is C19H20N4O5. The number of likely N-dealkylation sites (N-methyl/N-ethyl adjacent to an activating group) is 1. The minimum Gasteiger partial charge on any atom is -0.465 e. The highest BCUT2D eigenvalue weighted by atomic mass is 16.5. The fourth-order valence-corrected chi connectivity index (χ4v) is 2.47. The summed E-state index contributed by atoms with van der Waals surface area (Å²) in [7, 11) is 2.59. The smallest absolute Gasteiger partial charge is 0.337 e. The first-order valence-electron chi connectivity index (χ1n) is 8.22. The Bertz CT molecular complexity index is 948. The van der Waals surface area contributed by atoms with E-state index >= 15 is 0 Å². The predicted molar refractivity (Wildman–Crippen MR) is 101 cm³/mol. The number of benzene rings is 1. The summed E-state index contributed by atoms with van der Waals surface area (Å²) in [5.74, 6) is -2.13. The predicted octanol–water partition coefficient (Wildman–Crippen LogP) is 1.40. The first-order valence-corrected chi connectivity index (χ1v) is 8.22. The minimum absolute atomic E-state index is 0.121. The molecule has 0 fully saturated rings. The van der Waals surface area contributed by atoms with Crippen LogP contribution in [-0.4, -0.2) is 52.3 Å². The lowest BCUT2D eigenvalue weighted by Crippen LogP contribution is -2.34. The lowest BCUT2D eigenvalue weighted by Gasteiger charge is -2.15. The van der Waals surface area contributed by atoms with E-state index < -0.39 is 23.7 Å². The SMILES string of the molecule is C=CC(=O)N(C)C(=O)c1c(C)ncn1CC(=O)Nc1cccc(C(=O)OC)c1. The first kappa shape index (κ1) is 20.6. The third-order valence-corrected chi connectivity index (χ3v) is 3.91. The molecule has 0 aliphatic rings. The average Bonchev–Trinajstić information content (AvgIpc) is 3.05. The second-order valence-corrected chi connectivity index (χ2v) is 5.83. The zero-order valence-electron chi connectivity index (χ0n) is 15.8. The highest BCUT2D eigenvalue weighted by Crippen LogP contribution is 2.13. The van der Waals surface area contributed by atoms with E-state index in [0.717, 1.165) is 11.0 Å². The number of hydrogen-bond donors (Lipinski definition) is 1. The molecule has 0 bridgehead atoms. The highest BCUT2D eigenvalue weighted by Gasteiger charge is 2.23. The fourth-order valence-electron chi connectivity index (χ4n) is 2.47. The molecule has 1 aromatic heterocycles. The van der Waals surface area contributed by atoms with Gasteiger partial charge in [0.25, 0.3) is 11.8 Å². The van der Waals surface area contributed by atoms with Crippen LogP contribution in [0.2, 0.25) is 0 Å². The van der Waals surface area contributed by atoms with E-state index in [0.29, 0.717) is 16.9 Å². The van der Waals surface area contributed by atoms with Crippen LogP contribution < -0.4 is 5.32 Å². The van der Waals surface area contributed by atoms with Gasteiger partial charge in [-0.05, 0) is 31.2 Å². The van der Waals surface area contributed by atoms with Crippen molar-refractivity contribution in [2.45, 2.75) is 13.5 Å². The van der Waals surface area contributed by atoms with Crippen LogP contribution in [0, 0.1) is 6.92 Å². The van der Waals surface area contributed by atoms with E-state index in [9.17, 15) is 19.2 Å². The summed E-state index contributed by atoms with van der Waals surface area (Å²) >= 11 is 0. The van der Waals surface area contributed by atoms with Crippen LogP contribution in [0.4, 0.5) is 5.69 Å². The lowest BCUT2D eigenvalue weighted by atomic mass is 10.2. The highest BCUT2D eigenvalue weighted by molar-refractivity contribution is 6.07. The molecule has 0 saturated carbocycles. The Morgan fingerprint density at radius 1 is 1.32 bits per heavy atom. The van der Waals surface area contributed by atoms with E-state index in [-0.39, 0.29) is 12.2 Å². The maximum absolute atomic E-state index is 12.6. The second-order valence-electron chi connectivity index (χ2n) is 5.83. The van der Waals surface area contributed by atoms with E-state index in [1.54, 1.807) is 25.1 Å². The van der Waals surface area contributed by atoms with Gasteiger partial charge in [0.2, 0.25) is 5.91 Å². The van der Waals surface area contributed by atoms with E-state index in [2.05, 4.69) is 21.6 Å². The van der Waals surface area contributed by atoms with Crippen LogP contribution in [-0.2, 0) is 20.9 Å². The maximum Gasteiger partial charge on any atom is 0.337 e. The molecule has 1 aromatic carbocycles. The van der Waals surface area contributed by atoms with Crippen molar-refractivity contribution in [3.05, 3.63) is 60.2 Å². The molecule has 1 N–H and O–H groups in total. The largest absolute Gasteiger partial charge is 0.465 e. The van der Waals surface area contributed by atoms with Gasteiger partial charge in [0.15, 0.2) is 0 Å². The number of rotatable bonds is 6. The number of carbonyl (C=O) groups excluding carboxylic acids is 4. The summed E-state index contributed by atoms with van der Waals surface area (Å²) in [5.41, 5.74) is 1.20. The van der Waals surface area contributed by atoms with Crippen molar-refractivity contribution < 1.29 is 23.9 Å². The van der Waals surface area contributed by atoms with E-state index in [1.807, 2.05) is 0 Å². The summed E-state index contributed by atoms with van der Waals surface area (Å²) in [6.07, 6.45) is 2.37. The summed E-state index contributed by atoms with van der Waals surface area (Å²) < 4.78 is 6.00. The van der Waals surface area contributed by atoms with Gasteiger partial charge < -0.3 is 14.6 Å². The Hall–Kier alpha value is -3.75. The van der Waals surface area contributed by atoms with Crippen molar-refractivity contribution in [1.29, 1.82) is 0 Å². The van der Waals surface area contributed by atoms with Crippen LogP contribution in [0.25, 0.3) is 0 Å². The quantitative estimate of drug-likeness (QED) is 0.595. The Morgan fingerprint density at radius 2 is 2.04 bits per heavy atom. The molecule has 146 valence electrons. The number of nitrogens with one attached hydrogen (secondary N) is 1. The summed E-state index contributed by atoms with van der Waals surface area (Å²) in [4.78, 5) is 53.2. The Morgan fingerprint density at radius 3 is 2.68 bits per heavy atom. The van der Waals surface area contributed by atoms with Crippen molar-refractivity contribution in [1.82, 2.24) is 14.5 Å². The van der Waals surface area contributed by atoms with Gasteiger partial charge in [-0.2, -0.15) is 0 Å². The zero-order chi connectivity index (χ0) is 20.8. The Kier molecular flexibility index (Phi) is 6.43. The molecule has 28 heavy (non-hydrogen) atoms. The second kappa shape index (κ2) is 8.76. The molecule has 1 heterocycles. The molecule has 0 spiro atoms. The number of aromatic nitrogens is 2. The number of aryl methyl sites for hydroxylation is 1. The van der Waals surface area contributed by atoms with Crippen LogP contribution in [0.3, 0.4) is 0 Å². The molecule has 0 aliphatic heterocycles. The molecule has 3 amide bonds. The molecular weight excluding hydrogens is 364 g/mol. The monoisotopic (exact) mass is 384 g/mol. The van der Waals surface area contributed by atoms with Gasteiger partial charge in [0, 0.05) is 12.7 Å². The zero-order valence-corrected chi connectivity index (χ0v) is 15.8. The van der Waals surface area contributed by atoms with Gasteiger partial charge in [0.05, 0.1) is 24.7 Å². The Balaban J connectivity index is 2.17. The number of hydrogen-bond acceptors (Lipinski definition) is 6. The van der Waals surface area contributed by atoms with Gasteiger partial charge in [-0.25, -0.2) is 9.78 Å². The van der Waals surface area contributed by atoms with Crippen molar-refractivity contribution >= 4 is 29.4 Å². The van der Waals surface area contributed by atoms with Gasteiger partial charge >= 0.3 is 5.97 Å². The molecule has 9 heteroatoms. The van der Waals surface area contributed by atoms with Crippen LogP contribution in [0.15, 0.2) is 43.2 Å². The summed E-state index contributed by atoms with van der Waals surface area (Å²) in [6, 6.07) is 6.26. The molecule has 0 atom stereocenters. The van der Waals surface area contributed by atoms with Crippen LogP contribution in [0.5, 0.6) is 0 Å². The first-order chi connectivity index (χ1) is 13.3. The minimum atomic E-state index is -0.597. The van der Waals surface area contributed by atoms with Crippen molar-refractivity contribution in [3.8, 4) is 0 Å². The van der Waals surface area contributed by atoms with Gasteiger partial charge in [-0.1, -0.05) is 12.6 Å². The standard InChI is InChI=1S/C19H20N4O5/c1-5-16(25)22(3)18(26)17-12(2)20-11-23(17)10-15(24)21-14-8-6-7-13(9-14)19(27)28-4/h5-9,11H,1,10H2,2-4H3,(H,21,24). The van der Waals surface area contributed by atoms with Crippen molar-refractivity contribution in [3.63, 3.8) is 0 Å². The molecule has 2 rings (SSSR count). The number of esters is 1. The average molecular weight is 384 g/mol. The van der Waals surface area contributed by atoms with E-state index in [4.69, 9.17) is 0 Å². The molecule has 9 nitrogen and oxygen atoms in total. The van der Waals surface area contributed by atoms with Crippen LogP contribution >= 0.6 is 0 Å². The Labute approximate surface area is 161 Å². The molecule has 0 saturated heterocycles. The third-order valence-electron chi connectivity index (χ3n) is 3.91. The lowest BCUT2D eigenvalue weighted by molar-refractivity contribution is -0.122. The van der Waals surface area contributed by atoms with Gasteiger partial charge in [-0.3, -0.25) is 19.3 Å². The number of nitrogens with zero attached hydrogens (tertiary/aromatic N) is 3. The summed E-state index contributed by atoms with van der Waals surface area (Å²) in [6.45, 7) is 4.75. The number of imide groups is 1. The van der Waals surface area contributed by atoms with Crippen molar-refractivity contribution in [2.24, 2.45) is 0 Å². The number of amides is 3. The van der Waals surface area contributed by atoms with Gasteiger partial charge in [0.1, 0.15) is 12.2 Å². The molecule has 0 aliphatic carbocycles. The van der Waals surface area contributed by atoms with E-state index in [1.165, 1.54) is 31.1 Å². The molecule has 0 radical (unpaired) electrons. The summed E-state index contributed by atoms with van der Waals surface area (Å²) in [5, 5.41) is 2.64. The number of methoxy groups -OCH3 is 1. The fraction of sp³-hybridized carbons (Fsp3) is 0.211. The number of carbonyl (C=O) groups is 4. The molecule has 2 aromatic rings. The van der Waals surface area contributed by atoms with Gasteiger partial charge in [-0.15, -0.1) is 0 Å². The topological polar surface area (TPSA) is 111 Å². The number of ether oxygens (including phenoxy) is 1. The normalized spacial score (nSPS) is 10.1. The van der Waals surface area contributed by atoms with Crippen LogP contribution in [0.1, 0.15) is 26.5 Å².